The molecular weight excluding hydrogens is 278 g/mol. The zero-order valence-electron chi connectivity index (χ0n) is 11.6. The van der Waals surface area contributed by atoms with Crippen molar-refractivity contribution in [3.63, 3.8) is 0 Å². The zero-order valence-corrected chi connectivity index (χ0v) is 12.4. The predicted octanol–water partition coefficient (Wildman–Crippen LogP) is 2.26. The SMILES string of the molecule is COc1ccc(CCC(=O)N2CCC[C@H]2CO)cc1Cl. The van der Waals surface area contributed by atoms with Gasteiger partial charge in [-0.05, 0) is 37.0 Å². The van der Waals surface area contributed by atoms with Crippen molar-refractivity contribution in [1.29, 1.82) is 0 Å². The maximum atomic E-state index is 12.2. The van der Waals surface area contributed by atoms with E-state index in [1.807, 2.05) is 18.2 Å². The summed E-state index contributed by atoms with van der Waals surface area (Å²) in [6, 6.07) is 5.57. The van der Waals surface area contributed by atoms with Gasteiger partial charge in [0, 0.05) is 13.0 Å². The van der Waals surface area contributed by atoms with Gasteiger partial charge >= 0.3 is 0 Å². The summed E-state index contributed by atoms with van der Waals surface area (Å²) < 4.78 is 5.10. The molecule has 0 spiro atoms. The Morgan fingerprint density at radius 3 is 3.00 bits per heavy atom. The first-order valence-corrected chi connectivity index (χ1v) is 7.26. The number of aliphatic hydroxyl groups excluding tert-OH is 1. The van der Waals surface area contributed by atoms with Crippen LogP contribution in [0.2, 0.25) is 5.02 Å². The van der Waals surface area contributed by atoms with Crippen molar-refractivity contribution in [3.05, 3.63) is 28.8 Å². The number of likely N-dealkylation sites (tertiary alicyclic amines) is 1. The van der Waals surface area contributed by atoms with Crippen LogP contribution in [0.3, 0.4) is 0 Å². The number of benzene rings is 1. The fraction of sp³-hybridized carbons (Fsp3) is 0.533. The Morgan fingerprint density at radius 1 is 1.55 bits per heavy atom. The van der Waals surface area contributed by atoms with Gasteiger partial charge in [-0.1, -0.05) is 17.7 Å². The normalized spacial score (nSPS) is 18.4. The molecule has 1 atom stereocenters. The van der Waals surface area contributed by atoms with E-state index in [2.05, 4.69) is 0 Å². The number of halogens is 1. The van der Waals surface area contributed by atoms with E-state index < -0.39 is 0 Å². The molecule has 20 heavy (non-hydrogen) atoms. The van der Waals surface area contributed by atoms with E-state index in [0.29, 0.717) is 23.6 Å². The quantitative estimate of drug-likeness (QED) is 0.907. The van der Waals surface area contributed by atoms with Gasteiger partial charge in [-0.3, -0.25) is 4.79 Å². The van der Waals surface area contributed by atoms with Crippen LogP contribution in [0.15, 0.2) is 18.2 Å². The summed E-state index contributed by atoms with van der Waals surface area (Å²) >= 11 is 6.06. The number of hydrogen-bond donors (Lipinski definition) is 1. The molecule has 1 aromatic rings. The summed E-state index contributed by atoms with van der Waals surface area (Å²) in [6.45, 7) is 0.813. The molecule has 0 aliphatic carbocycles. The smallest absolute Gasteiger partial charge is 0.223 e. The number of ether oxygens (including phenoxy) is 1. The lowest BCUT2D eigenvalue weighted by molar-refractivity contribution is -0.132. The van der Waals surface area contributed by atoms with Gasteiger partial charge in [0.15, 0.2) is 0 Å². The van der Waals surface area contributed by atoms with Crippen LogP contribution in [0.1, 0.15) is 24.8 Å². The minimum atomic E-state index is 0.00181. The molecule has 1 amide bonds. The van der Waals surface area contributed by atoms with Gasteiger partial charge in [0.2, 0.25) is 5.91 Å². The first-order chi connectivity index (χ1) is 9.65. The lowest BCUT2D eigenvalue weighted by atomic mass is 10.1. The van der Waals surface area contributed by atoms with Crippen LogP contribution in [-0.4, -0.2) is 42.2 Å². The van der Waals surface area contributed by atoms with E-state index in [9.17, 15) is 9.90 Å². The molecule has 1 heterocycles. The molecule has 0 unspecified atom stereocenters. The van der Waals surface area contributed by atoms with Crippen LogP contribution < -0.4 is 4.74 Å². The van der Waals surface area contributed by atoms with Crippen LogP contribution in [0, 0.1) is 0 Å². The summed E-state index contributed by atoms with van der Waals surface area (Å²) in [7, 11) is 1.58. The summed E-state index contributed by atoms with van der Waals surface area (Å²) in [4.78, 5) is 13.9. The second-order valence-electron chi connectivity index (χ2n) is 5.03. The van der Waals surface area contributed by atoms with Gasteiger partial charge in [-0.15, -0.1) is 0 Å². The Labute approximate surface area is 124 Å². The molecule has 1 aliphatic rings. The molecule has 110 valence electrons. The maximum Gasteiger partial charge on any atom is 0.223 e. The summed E-state index contributed by atoms with van der Waals surface area (Å²) in [5.74, 6) is 0.745. The molecule has 0 radical (unpaired) electrons. The van der Waals surface area contributed by atoms with Crippen LogP contribution in [0.25, 0.3) is 0 Å². The Hall–Kier alpha value is -1.26. The molecule has 0 bridgehead atoms. The van der Waals surface area contributed by atoms with Gasteiger partial charge in [0.1, 0.15) is 5.75 Å². The molecule has 1 fully saturated rings. The minimum Gasteiger partial charge on any atom is -0.495 e. The number of nitrogens with zero attached hydrogens (tertiary/aromatic N) is 1. The molecule has 1 saturated heterocycles. The first-order valence-electron chi connectivity index (χ1n) is 6.88. The monoisotopic (exact) mass is 297 g/mol. The lowest BCUT2D eigenvalue weighted by Crippen LogP contribution is -2.37. The second kappa shape index (κ2) is 6.95. The summed E-state index contributed by atoms with van der Waals surface area (Å²) in [5, 5.41) is 9.80. The molecule has 1 aromatic carbocycles. The predicted molar refractivity (Wildman–Crippen MR) is 78.1 cm³/mol. The third-order valence-electron chi connectivity index (χ3n) is 3.75. The largest absolute Gasteiger partial charge is 0.495 e. The molecule has 1 N–H and O–H groups in total. The van der Waals surface area contributed by atoms with Crippen LogP contribution in [-0.2, 0) is 11.2 Å². The topological polar surface area (TPSA) is 49.8 Å². The maximum absolute atomic E-state index is 12.2. The van der Waals surface area contributed by atoms with Crippen molar-refractivity contribution in [2.45, 2.75) is 31.7 Å². The van der Waals surface area contributed by atoms with Gasteiger partial charge in [0.25, 0.3) is 0 Å². The second-order valence-corrected chi connectivity index (χ2v) is 5.44. The van der Waals surface area contributed by atoms with Gasteiger partial charge in [-0.2, -0.15) is 0 Å². The summed E-state index contributed by atoms with van der Waals surface area (Å²) in [6.07, 6.45) is 2.97. The highest BCUT2D eigenvalue weighted by atomic mass is 35.5. The van der Waals surface area contributed by atoms with Crippen LogP contribution in [0.4, 0.5) is 0 Å². The van der Waals surface area contributed by atoms with E-state index in [0.717, 1.165) is 24.9 Å². The van der Waals surface area contributed by atoms with Gasteiger partial charge in [-0.25, -0.2) is 0 Å². The molecule has 0 saturated carbocycles. The Bertz CT molecular complexity index is 478. The van der Waals surface area contributed by atoms with E-state index in [1.165, 1.54) is 0 Å². The van der Waals surface area contributed by atoms with E-state index in [4.69, 9.17) is 16.3 Å². The molecule has 2 rings (SSSR count). The van der Waals surface area contributed by atoms with Crippen LogP contribution in [0.5, 0.6) is 5.75 Å². The van der Waals surface area contributed by atoms with E-state index in [-0.39, 0.29) is 18.6 Å². The van der Waals surface area contributed by atoms with Crippen molar-refractivity contribution in [1.82, 2.24) is 4.90 Å². The molecule has 0 aromatic heterocycles. The first kappa shape index (κ1) is 15.1. The number of carbonyl (C=O) groups excluding carboxylic acids is 1. The minimum absolute atomic E-state index is 0.00181. The fourth-order valence-electron chi connectivity index (χ4n) is 2.61. The summed E-state index contributed by atoms with van der Waals surface area (Å²) in [5.41, 5.74) is 1.02. The van der Waals surface area contributed by atoms with Crippen molar-refractivity contribution in [2.75, 3.05) is 20.3 Å². The number of amides is 1. The molecule has 4 nitrogen and oxygen atoms in total. The fourth-order valence-corrected chi connectivity index (χ4v) is 2.89. The molecular formula is C15H20ClNO3. The number of methoxy groups -OCH3 is 1. The lowest BCUT2D eigenvalue weighted by Gasteiger charge is -2.23. The Morgan fingerprint density at radius 2 is 2.35 bits per heavy atom. The van der Waals surface area contributed by atoms with Crippen molar-refractivity contribution in [3.8, 4) is 5.75 Å². The molecule has 5 heteroatoms. The highest BCUT2D eigenvalue weighted by molar-refractivity contribution is 6.32. The van der Waals surface area contributed by atoms with E-state index in [1.54, 1.807) is 12.0 Å². The Kier molecular flexibility index (Phi) is 5.26. The average molecular weight is 298 g/mol. The third-order valence-corrected chi connectivity index (χ3v) is 4.05. The van der Waals surface area contributed by atoms with Crippen molar-refractivity contribution in [2.24, 2.45) is 0 Å². The van der Waals surface area contributed by atoms with Crippen molar-refractivity contribution >= 4 is 17.5 Å². The zero-order chi connectivity index (χ0) is 14.5. The van der Waals surface area contributed by atoms with Gasteiger partial charge < -0.3 is 14.7 Å². The highest BCUT2D eigenvalue weighted by Gasteiger charge is 2.27. The number of carbonyl (C=O) groups is 1. The number of rotatable bonds is 5. The number of aryl methyl sites for hydroxylation is 1. The van der Waals surface area contributed by atoms with Crippen molar-refractivity contribution < 1.29 is 14.6 Å². The number of aliphatic hydroxyl groups is 1. The molecule has 1 aliphatic heterocycles. The highest BCUT2D eigenvalue weighted by Crippen LogP contribution is 2.26. The average Bonchev–Trinajstić information content (AvgIpc) is 2.93. The number of hydrogen-bond acceptors (Lipinski definition) is 3. The van der Waals surface area contributed by atoms with E-state index >= 15 is 0 Å². The standard InChI is InChI=1S/C15H20ClNO3/c1-20-14-6-4-11(9-13(14)16)5-7-15(19)17-8-2-3-12(17)10-18/h4,6,9,12,18H,2-3,5,7-8,10H2,1H3/t12-/m0/s1. The Balaban J connectivity index is 1.91. The van der Waals surface area contributed by atoms with Crippen LogP contribution >= 0.6 is 11.6 Å². The van der Waals surface area contributed by atoms with Gasteiger partial charge in [0.05, 0.1) is 24.8 Å². The third kappa shape index (κ3) is 3.44.